The molecule has 0 bridgehead atoms. The van der Waals surface area contributed by atoms with Gasteiger partial charge in [0.1, 0.15) is 0 Å². The van der Waals surface area contributed by atoms with Crippen molar-refractivity contribution >= 4 is 11.6 Å². The van der Waals surface area contributed by atoms with Crippen molar-refractivity contribution in [3.63, 3.8) is 0 Å². The van der Waals surface area contributed by atoms with E-state index < -0.39 is 0 Å². The van der Waals surface area contributed by atoms with Gasteiger partial charge in [-0.3, -0.25) is 14.4 Å². The monoisotopic (exact) mass is 364 g/mol. The van der Waals surface area contributed by atoms with Crippen molar-refractivity contribution in [2.24, 2.45) is 13.0 Å². The summed E-state index contributed by atoms with van der Waals surface area (Å²) in [4.78, 5) is 15.1. The largest absolute Gasteiger partial charge is 0.326 e. The normalized spacial score (nSPS) is 17.7. The molecule has 1 aromatic carbocycles. The maximum absolute atomic E-state index is 12.8. The number of aromatic nitrogens is 4. The van der Waals surface area contributed by atoms with Crippen LogP contribution in [0.4, 0.5) is 5.69 Å². The number of likely N-dealkylation sites (tertiary alicyclic amines) is 1. The summed E-state index contributed by atoms with van der Waals surface area (Å²) in [7, 11) is 1.92. The Morgan fingerprint density at radius 2 is 2.22 bits per heavy atom. The van der Waals surface area contributed by atoms with E-state index in [4.69, 9.17) is 0 Å². The fraction of sp³-hybridized carbons (Fsp3) is 0.350. The van der Waals surface area contributed by atoms with Crippen LogP contribution < -0.4 is 5.32 Å². The molecule has 7 heteroatoms. The molecule has 1 atom stereocenters. The highest BCUT2D eigenvalue weighted by atomic mass is 16.1. The third-order valence-electron chi connectivity index (χ3n) is 4.92. The quantitative estimate of drug-likeness (QED) is 0.755. The van der Waals surface area contributed by atoms with Gasteiger partial charge in [0, 0.05) is 50.0 Å². The van der Waals surface area contributed by atoms with Crippen LogP contribution in [0.25, 0.3) is 5.69 Å². The van der Waals surface area contributed by atoms with E-state index in [-0.39, 0.29) is 11.8 Å². The van der Waals surface area contributed by atoms with E-state index >= 15 is 0 Å². The molecular formula is C20H24N6O. The van der Waals surface area contributed by atoms with Gasteiger partial charge in [-0.2, -0.15) is 10.2 Å². The first-order valence-corrected chi connectivity index (χ1v) is 9.28. The predicted molar refractivity (Wildman–Crippen MR) is 103 cm³/mol. The molecule has 1 fully saturated rings. The molecule has 0 aliphatic carbocycles. The molecule has 1 aliphatic heterocycles. The zero-order valence-corrected chi connectivity index (χ0v) is 15.5. The van der Waals surface area contributed by atoms with Crippen molar-refractivity contribution in [1.82, 2.24) is 24.5 Å². The SMILES string of the molecule is Cn1cc(CN2CCC[C@@H](C(=O)Nc3cccc(-n4cccn4)c3)C2)cn1. The molecule has 1 N–H and O–H groups in total. The van der Waals surface area contributed by atoms with E-state index in [2.05, 4.69) is 20.4 Å². The lowest BCUT2D eigenvalue weighted by Gasteiger charge is -2.31. The number of nitrogens with zero attached hydrogens (tertiary/aromatic N) is 5. The molecule has 2 aromatic heterocycles. The average molecular weight is 364 g/mol. The van der Waals surface area contributed by atoms with Gasteiger partial charge in [-0.1, -0.05) is 6.07 Å². The van der Waals surface area contributed by atoms with E-state index in [9.17, 15) is 4.79 Å². The van der Waals surface area contributed by atoms with Crippen LogP contribution in [0.1, 0.15) is 18.4 Å². The minimum Gasteiger partial charge on any atom is -0.326 e. The standard InChI is InChI=1S/C20H24N6O/c1-24-13-16(12-22-24)14-25-9-3-5-17(15-25)20(27)23-18-6-2-7-19(11-18)26-10-4-8-21-26/h2,4,6-8,10-13,17H,3,5,9,14-15H2,1H3,(H,23,27)/t17-/m1/s1. The first kappa shape index (κ1) is 17.5. The molecule has 1 saturated heterocycles. The molecule has 0 spiro atoms. The van der Waals surface area contributed by atoms with Crippen LogP contribution >= 0.6 is 0 Å². The van der Waals surface area contributed by atoms with E-state index in [1.54, 1.807) is 10.9 Å². The van der Waals surface area contributed by atoms with Crippen LogP contribution in [0.15, 0.2) is 55.1 Å². The lowest BCUT2D eigenvalue weighted by Crippen LogP contribution is -2.40. The van der Waals surface area contributed by atoms with Crippen LogP contribution in [-0.2, 0) is 18.4 Å². The molecule has 0 radical (unpaired) electrons. The van der Waals surface area contributed by atoms with Gasteiger partial charge in [-0.05, 0) is 43.7 Å². The van der Waals surface area contributed by atoms with Crippen molar-refractivity contribution in [3.8, 4) is 5.69 Å². The fourth-order valence-corrected chi connectivity index (χ4v) is 3.62. The predicted octanol–water partition coefficient (Wildman–Crippen LogP) is 2.46. The Labute approximate surface area is 158 Å². The highest BCUT2D eigenvalue weighted by molar-refractivity contribution is 5.93. The lowest BCUT2D eigenvalue weighted by molar-refractivity contribution is -0.121. The van der Waals surface area contributed by atoms with Gasteiger partial charge in [0.25, 0.3) is 0 Å². The van der Waals surface area contributed by atoms with Gasteiger partial charge in [-0.25, -0.2) is 4.68 Å². The number of benzene rings is 1. The Kier molecular flexibility index (Phi) is 5.02. The third-order valence-corrected chi connectivity index (χ3v) is 4.92. The minimum absolute atomic E-state index is 0.00350. The van der Waals surface area contributed by atoms with Gasteiger partial charge in [0.2, 0.25) is 5.91 Å². The van der Waals surface area contributed by atoms with Crippen molar-refractivity contribution < 1.29 is 4.79 Å². The van der Waals surface area contributed by atoms with Gasteiger partial charge >= 0.3 is 0 Å². The summed E-state index contributed by atoms with van der Waals surface area (Å²) in [5.74, 6) is 0.0901. The topological polar surface area (TPSA) is 68.0 Å². The van der Waals surface area contributed by atoms with Gasteiger partial charge in [0.15, 0.2) is 0 Å². The summed E-state index contributed by atoms with van der Waals surface area (Å²) < 4.78 is 3.60. The number of nitrogens with one attached hydrogen (secondary N) is 1. The zero-order chi connectivity index (χ0) is 18.6. The number of rotatable bonds is 5. The summed E-state index contributed by atoms with van der Waals surface area (Å²) in [5.41, 5.74) is 2.92. The number of anilines is 1. The molecule has 4 rings (SSSR count). The molecule has 0 saturated carbocycles. The Hall–Kier alpha value is -2.93. The molecular weight excluding hydrogens is 340 g/mol. The first-order valence-electron chi connectivity index (χ1n) is 9.28. The lowest BCUT2D eigenvalue weighted by atomic mass is 9.96. The highest BCUT2D eigenvalue weighted by Crippen LogP contribution is 2.21. The number of hydrogen-bond acceptors (Lipinski definition) is 4. The number of carbonyl (C=O) groups excluding carboxylic acids is 1. The Balaban J connectivity index is 1.38. The fourth-order valence-electron chi connectivity index (χ4n) is 3.62. The van der Waals surface area contributed by atoms with Crippen LogP contribution in [0.2, 0.25) is 0 Å². The van der Waals surface area contributed by atoms with E-state index in [0.29, 0.717) is 0 Å². The summed E-state index contributed by atoms with van der Waals surface area (Å²) in [6, 6.07) is 9.65. The van der Waals surface area contributed by atoms with E-state index in [0.717, 1.165) is 43.9 Å². The van der Waals surface area contributed by atoms with Crippen LogP contribution in [0.3, 0.4) is 0 Å². The molecule has 0 unspecified atom stereocenters. The van der Waals surface area contributed by atoms with Gasteiger partial charge in [-0.15, -0.1) is 0 Å². The van der Waals surface area contributed by atoms with Gasteiger partial charge < -0.3 is 5.32 Å². The summed E-state index contributed by atoms with van der Waals surface area (Å²) in [6.45, 7) is 2.64. The molecule has 140 valence electrons. The number of amides is 1. The molecule has 1 aliphatic rings. The number of aryl methyl sites for hydroxylation is 1. The molecule has 27 heavy (non-hydrogen) atoms. The van der Waals surface area contributed by atoms with Crippen molar-refractivity contribution in [2.45, 2.75) is 19.4 Å². The van der Waals surface area contributed by atoms with Gasteiger partial charge in [0.05, 0.1) is 17.8 Å². The summed E-state index contributed by atoms with van der Waals surface area (Å²) >= 11 is 0. The summed E-state index contributed by atoms with van der Waals surface area (Å²) in [6.07, 6.45) is 9.51. The molecule has 3 heterocycles. The second-order valence-corrected chi connectivity index (χ2v) is 7.09. The maximum Gasteiger partial charge on any atom is 0.228 e. The molecule has 3 aromatic rings. The number of carbonyl (C=O) groups is 1. The Morgan fingerprint density at radius 3 is 3.00 bits per heavy atom. The Bertz CT molecular complexity index is 901. The van der Waals surface area contributed by atoms with Crippen molar-refractivity contribution in [1.29, 1.82) is 0 Å². The number of piperidine rings is 1. The second kappa shape index (κ2) is 7.75. The maximum atomic E-state index is 12.8. The second-order valence-electron chi connectivity index (χ2n) is 7.09. The third kappa shape index (κ3) is 4.25. The molecule has 7 nitrogen and oxygen atoms in total. The van der Waals surface area contributed by atoms with Crippen LogP contribution in [0.5, 0.6) is 0 Å². The average Bonchev–Trinajstić information content (AvgIpc) is 3.34. The van der Waals surface area contributed by atoms with E-state index in [1.807, 2.05) is 60.7 Å². The Morgan fingerprint density at radius 1 is 1.30 bits per heavy atom. The van der Waals surface area contributed by atoms with E-state index in [1.165, 1.54) is 5.56 Å². The van der Waals surface area contributed by atoms with Crippen LogP contribution in [0, 0.1) is 5.92 Å². The highest BCUT2D eigenvalue weighted by Gasteiger charge is 2.26. The minimum atomic E-state index is 0.00350. The summed E-state index contributed by atoms with van der Waals surface area (Å²) in [5, 5.41) is 11.5. The zero-order valence-electron chi connectivity index (χ0n) is 15.5. The van der Waals surface area contributed by atoms with Crippen LogP contribution in [-0.4, -0.2) is 43.5 Å². The number of hydrogen-bond donors (Lipinski definition) is 1. The molecule has 1 amide bonds. The first-order chi connectivity index (χ1) is 13.2. The van der Waals surface area contributed by atoms with Crippen molar-refractivity contribution in [3.05, 3.63) is 60.7 Å². The van der Waals surface area contributed by atoms with Crippen molar-refractivity contribution in [2.75, 3.05) is 18.4 Å². The smallest absolute Gasteiger partial charge is 0.228 e.